The van der Waals surface area contributed by atoms with Gasteiger partial charge in [-0.2, -0.15) is 4.98 Å². The Bertz CT molecular complexity index is 924. The lowest BCUT2D eigenvalue weighted by Gasteiger charge is -2.06. The molecule has 1 amide bonds. The first-order valence-electron chi connectivity index (χ1n) is 7.32. The molecule has 0 radical (unpaired) electrons. The fourth-order valence-corrected chi connectivity index (χ4v) is 3.12. The summed E-state index contributed by atoms with van der Waals surface area (Å²) in [5.74, 6) is 0.699. The van der Waals surface area contributed by atoms with E-state index in [0.29, 0.717) is 10.9 Å². The van der Waals surface area contributed by atoms with Gasteiger partial charge in [-0.25, -0.2) is 9.50 Å². The molecular weight excluding hydrogens is 390 g/mol. The number of hydrogen-bond acceptors (Lipinski definition) is 5. The van der Waals surface area contributed by atoms with Crippen molar-refractivity contribution in [1.29, 1.82) is 0 Å². The number of halogens is 1. The largest absolute Gasteiger partial charge is 0.325 e. The van der Waals surface area contributed by atoms with Gasteiger partial charge in [-0.15, -0.1) is 5.10 Å². The van der Waals surface area contributed by atoms with Crippen molar-refractivity contribution in [2.45, 2.75) is 25.9 Å². The van der Waals surface area contributed by atoms with E-state index < -0.39 is 0 Å². The van der Waals surface area contributed by atoms with Crippen molar-refractivity contribution >= 4 is 45.1 Å². The predicted molar refractivity (Wildman–Crippen MR) is 98.5 cm³/mol. The summed E-state index contributed by atoms with van der Waals surface area (Å²) in [4.78, 5) is 20.8. The first kappa shape index (κ1) is 16.9. The van der Waals surface area contributed by atoms with Gasteiger partial charge < -0.3 is 5.32 Å². The smallest absolute Gasteiger partial charge is 0.253 e. The average molecular weight is 406 g/mol. The molecule has 0 unspecified atom stereocenters. The van der Waals surface area contributed by atoms with E-state index in [1.807, 2.05) is 45.0 Å². The number of carbonyl (C=O) groups is 1. The van der Waals surface area contributed by atoms with Crippen LogP contribution in [0.4, 0.5) is 5.69 Å². The van der Waals surface area contributed by atoms with Crippen LogP contribution in [0.25, 0.3) is 5.78 Å². The highest BCUT2D eigenvalue weighted by atomic mass is 79.9. The number of hydrogen-bond donors (Lipinski definition) is 1. The monoisotopic (exact) mass is 405 g/mol. The summed E-state index contributed by atoms with van der Waals surface area (Å²) in [6.45, 7) is 5.85. The Kier molecular flexibility index (Phi) is 4.86. The van der Waals surface area contributed by atoms with Crippen LogP contribution in [0.3, 0.4) is 0 Å². The molecule has 1 aromatic carbocycles. The summed E-state index contributed by atoms with van der Waals surface area (Å²) in [7, 11) is 0. The number of thioether (sulfide) groups is 1. The van der Waals surface area contributed by atoms with Crippen molar-refractivity contribution in [3.05, 3.63) is 45.7 Å². The predicted octanol–water partition coefficient (Wildman–Crippen LogP) is 3.54. The molecule has 2 aromatic heterocycles. The molecule has 3 aromatic rings. The second-order valence-electron chi connectivity index (χ2n) is 5.45. The molecule has 0 spiro atoms. The van der Waals surface area contributed by atoms with Crippen LogP contribution in [0, 0.1) is 20.8 Å². The number of amides is 1. The molecule has 8 heteroatoms. The van der Waals surface area contributed by atoms with Gasteiger partial charge in [0.1, 0.15) is 0 Å². The molecule has 1 N–H and O–H groups in total. The summed E-state index contributed by atoms with van der Waals surface area (Å²) < 4.78 is 2.70. The molecule has 0 saturated carbocycles. The number of fused-ring (bicyclic) bond motifs is 1. The van der Waals surface area contributed by atoms with Crippen molar-refractivity contribution in [3.63, 3.8) is 0 Å². The summed E-state index contributed by atoms with van der Waals surface area (Å²) in [6, 6.07) is 7.64. The number of benzene rings is 1. The Morgan fingerprint density at radius 2 is 2.04 bits per heavy atom. The van der Waals surface area contributed by atoms with Crippen molar-refractivity contribution < 1.29 is 4.79 Å². The standard InChI is InChI=1S/C16H16BrN5OS/c1-9-6-12(4-5-13(9)17)19-14(23)8-24-16-20-15-18-10(2)7-11(3)22(15)21-16/h4-7H,8H2,1-3H3,(H,19,23). The number of nitrogens with one attached hydrogen (secondary N) is 1. The molecule has 0 bridgehead atoms. The van der Waals surface area contributed by atoms with Gasteiger partial charge in [0, 0.05) is 21.5 Å². The Balaban J connectivity index is 1.65. The van der Waals surface area contributed by atoms with Crippen molar-refractivity contribution in [2.75, 3.05) is 11.1 Å². The van der Waals surface area contributed by atoms with E-state index in [1.54, 1.807) is 4.52 Å². The van der Waals surface area contributed by atoms with Crippen LogP contribution in [-0.4, -0.2) is 31.2 Å². The summed E-state index contributed by atoms with van der Waals surface area (Å²) in [5.41, 5.74) is 3.70. The molecule has 0 atom stereocenters. The van der Waals surface area contributed by atoms with Crippen LogP contribution < -0.4 is 5.32 Å². The molecule has 0 aliphatic rings. The third kappa shape index (κ3) is 3.76. The Morgan fingerprint density at radius 3 is 2.79 bits per heavy atom. The van der Waals surface area contributed by atoms with Gasteiger partial charge in [-0.1, -0.05) is 27.7 Å². The van der Waals surface area contributed by atoms with Gasteiger partial charge in [0.15, 0.2) is 0 Å². The second-order valence-corrected chi connectivity index (χ2v) is 7.24. The zero-order valence-corrected chi connectivity index (χ0v) is 15.9. The number of rotatable bonds is 4. The van der Waals surface area contributed by atoms with Gasteiger partial charge in [0.05, 0.1) is 5.75 Å². The highest BCUT2D eigenvalue weighted by molar-refractivity contribution is 9.10. The lowest BCUT2D eigenvalue weighted by atomic mass is 10.2. The van der Waals surface area contributed by atoms with Crippen LogP contribution in [0.15, 0.2) is 33.9 Å². The number of aromatic nitrogens is 4. The molecule has 2 heterocycles. The molecule has 0 aliphatic carbocycles. The molecule has 0 fully saturated rings. The number of nitrogens with zero attached hydrogens (tertiary/aromatic N) is 4. The minimum absolute atomic E-state index is 0.0959. The first-order valence-corrected chi connectivity index (χ1v) is 9.10. The second kappa shape index (κ2) is 6.90. The topological polar surface area (TPSA) is 72.2 Å². The van der Waals surface area contributed by atoms with Gasteiger partial charge in [-0.3, -0.25) is 4.79 Å². The lowest BCUT2D eigenvalue weighted by Crippen LogP contribution is -2.14. The fourth-order valence-electron chi connectivity index (χ4n) is 2.26. The maximum atomic E-state index is 12.1. The zero-order chi connectivity index (χ0) is 17.3. The lowest BCUT2D eigenvalue weighted by molar-refractivity contribution is -0.113. The summed E-state index contributed by atoms with van der Waals surface area (Å²) in [5, 5.41) is 7.79. The van der Waals surface area contributed by atoms with Crippen LogP contribution in [0.5, 0.6) is 0 Å². The zero-order valence-electron chi connectivity index (χ0n) is 13.5. The van der Waals surface area contributed by atoms with E-state index in [-0.39, 0.29) is 11.7 Å². The molecule has 3 rings (SSSR count). The maximum Gasteiger partial charge on any atom is 0.253 e. The SMILES string of the molecule is Cc1cc(C)n2nc(SCC(=O)Nc3ccc(Br)c(C)c3)nc2n1. The maximum absolute atomic E-state index is 12.1. The van der Waals surface area contributed by atoms with Crippen LogP contribution in [0.2, 0.25) is 0 Å². The fraction of sp³-hybridized carbons (Fsp3) is 0.250. The summed E-state index contributed by atoms with van der Waals surface area (Å²) >= 11 is 4.73. The van der Waals surface area contributed by atoms with E-state index in [0.717, 1.165) is 27.1 Å². The van der Waals surface area contributed by atoms with Crippen molar-refractivity contribution in [2.24, 2.45) is 0 Å². The van der Waals surface area contributed by atoms with E-state index in [9.17, 15) is 4.79 Å². The molecular formula is C16H16BrN5OS. The van der Waals surface area contributed by atoms with E-state index in [2.05, 4.69) is 36.3 Å². The van der Waals surface area contributed by atoms with Gasteiger partial charge >= 0.3 is 0 Å². The van der Waals surface area contributed by atoms with Crippen LogP contribution in [0.1, 0.15) is 17.0 Å². The van der Waals surface area contributed by atoms with E-state index in [1.165, 1.54) is 11.8 Å². The van der Waals surface area contributed by atoms with Gasteiger partial charge in [0.2, 0.25) is 11.1 Å². The minimum atomic E-state index is -0.0959. The van der Waals surface area contributed by atoms with Gasteiger partial charge in [0.25, 0.3) is 5.78 Å². The highest BCUT2D eigenvalue weighted by Crippen LogP contribution is 2.21. The van der Waals surface area contributed by atoms with Crippen LogP contribution >= 0.6 is 27.7 Å². The van der Waals surface area contributed by atoms with E-state index >= 15 is 0 Å². The minimum Gasteiger partial charge on any atom is -0.325 e. The third-order valence-electron chi connectivity index (χ3n) is 3.37. The highest BCUT2D eigenvalue weighted by Gasteiger charge is 2.11. The van der Waals surface area contributed by atoms with E-state index in [4.69, 9.17) is 0 Å². The molecule has 124 valence electrons. The molecule has 24 heavy (non-hydrogen) atoms. The van der Waals surface area contributed by atoms with Crippen molar-refractivity contribution in [1.82, 2.24) is 19.6 Å². The first-order chi connectivity index (χ1) is 11.4. The number of anilines is 1. The number of carbonyl (C=O) groups excluding carboxylic acids is 1. The molecule has 0 aliphatic heterocycles. The Morgan fingerprint density at radius 1 is 1.25 bits per heavy atom. The van der Waals surface area contributed by atoms with Gasteiger partial charge in [-0.05, 0) is 50.6 Å². The summed E-state index contributed by atoms with van der Waals surface area (Å²) in [6.07, 6.45) is 0. The Labute approximate surface area is 152 Å². The van der Waals surface area contributed by atoms with Crippen LogP contribution in [-0.2, 0) is 4.79 Å². The average Bonchev–Trinajstić information content (AvgIpc) is 2.92. The quantitative estimate of drug-likeness (QED) is 0.671. The third-order valence-corrected chi connectivity index (χ3v) is 5.10. The van der Waals surface area contributed by atoms with Crippen molar-refractivity contribution in [3.8, 4) is 0 Å². The Hall–Kier alpha value is -1.93. The normalized spacial score (nSPS) is 11.0. The molecule has 6 nitrogen and oxygen atoms in total. The molecule has 0 saturated heterocycles. The number of aryl methyl sites for hydroxylation is 3.